The molecule has 1 aromatic carbocycles. The van der Waals surface area contributed by atoms with Gasteiger partial charge in [-0.05, 0) is 24.1 Å². The number of hydrogen-bond acceptors (Lipinski definition) is 5. The summed E-state index contributed by atoms with van der Waals surface area (Å²) < 4.78 is 26.0. The van der Waals surface area contributed by atoms with Gasteiger partial charge in [-0.2, -0.15) is 13.3 Å². The molecule has 90 valence electrons. The summed E-state index contributed by atoms with van der Waals surface area (Å²) in [5, 5.41) is 0. The summed E-state index contributed by atoms with van der Waals surface area (Å²) in [7, 11) is -1.93. The smallest absolute Gasteiger partial charge is 0.264 e. The second-order valence-corrected chi connectivity index (χ2v) is 4.81. The van der Waals surface area contributed by atoms with Crippen molar-refractivity contribution in [1.82, 2.24) is 0 Å². The molecule has 0 amide bonds. The van der Waals surface area contributed by atoms with E-state index in [0.29, 0.717) is 12.2 Å². The van der Waals surface area contributed by atoms with Gasteiger partial charge in [0.25, 0.3) is 10.1 Å². The quantitative estimate of drug-likeness (QED) is 0.428. The van der Waals surface area contributed by atoms with Crippen molar-refractivity contribution in [3.8, 4) is 5.75 Å². The van der Waals surface area contributed by atoms with Gasteiger partial charge >= 0.3 is 0 Å². The lowest BCUT2D eigenvalue weighted by molar-refractivity contribution is -0.178. The van der Waals surface area contributed by atoms with Crippen LogP contribution in [0.5, 0.6) is 5.75 Å². The first-order valence-corrected chi connectivity index (χ1v) is 6.47. The first-order valence-electron chi connectivity index (χ1n) is 4.65. The van der Waals surface area contributed by atoms with E-state index in [2.05, 4.69) is 9.07 Å². The maximum absolute atomic E-state index is 10.7. The van der Waals surface area contributed by atoms with Crippen LogP contribution in [-0.4, -0.2) is 28.4 Å². The minimum atomic E-state index is -3.36. The SMILES string of the molecule is COOc1ccc(CCOS(C)(=O)=O)cc1. The summed E-state index contributed by atoms with van der Waals surface area (Å²) in [4.78, 5) is 9.28. The average Bonchev–Trinajstić information content (AvgIpc) is 2.19. The molecule has 0 saturated heterocycles. The number of hydrogen-bond donors (Lipinski definition) is 0. The largest absolute Gasteiger partial charge is 0.338 e. The lowest BCUT2D eigenvalue weighted by Crippen LogP contribution is -2.06. The van der Waals surface area contributed by atoms with Crippen LogP contribution in [0.2, 0.25) is 0 Å². The van der Waals surface area contributed by atoms with Gasteiger partial charge in [0.05, 0.1) is 20.0 Å². The van der Waals surface area contributed by atoms with E-state index < -0.39 is 10.1 Å². The van der Waals surface area contributed by atoms with Crippen molar-refractivity contribution < 1.29 is 22.4 Å². The number of rotatable bonds is 6. The van der Waals surface area contributed by atoms with E-state index >= 15 is 0 Å². The van der Waals surface area contributed by atoms with Crippen molar-refractivity contribution in [2.24, 2.45) is 0 Å². The Bertz CT molecular complexity index is 409. The molecular formula is C10H14O5S. The molecule has 0 aliphatic carbocycles. The van der Waals surface area contributed by atoms with E-state index in [-0.39, 0.29) is 6.61 Å². The monoisotopic (exact) mass is 246 g/mol. The molecule has 0 fully saturated rings. The topological polar surface area (TPSA) is 61.8 Å². The standard InChI is InChI=1S/C10H14O5S/c1-13-15-10-5-3-9(4-6-10)7-8-14-16(2,11)12/h3-6H,7-8H2,1-2H3. The molecule has 0 unspecified atom stereocenters. The summed E-state index contributed by atoms with van der Waals surface area (Å²) in [5.74, 6) is 0.593. The zero-order chi connectivity index (χ0) is 12.0. The highest BCUT2D eigenvalue weighted by molar-refractivity contribution is 7.85. The highest BCUT2D eigenvalue weighted by Crippen LogP contribution is 2.12. The fraction of sp³-hybridized carbons (Fsp3) is 0.400. The maximum Gasteiger partial charge on any atom is 0.264 e. The molecular weight excluding hydrogens is 232 g/mol. The third-order valence-corrected chi connectivity index (χ3v) is 2.39. The summed E-state index contributed by atoms with van der Waals surface area (Å²) in [6.45, 7) is 0.142. The lowest BCUT2D eigenvalue weighted by Gasteiger charge is -2.03. The molecule has 0 spiro atoms. The second kappa shape index (κ2) is 5.83. The summed E-state index contributed by atoms with van der Waals surface area (Å²) in [5.41, 5.74) is 0.965. The van der Waals surface area contributed by atoms with Crippen LogP contribution in [0.1, 0.15) is 5.56 Å². The molecule has 1 aromatic rings. The Labute approximate surface area is 95.0 Å². The van der Waals surface area contributed by atoms with Crippen LogP contribution in [0, 0.1) is 0 Å². The molecule has 0 heterocycles. The predicted molar refractivity (Wildman–Crippen MR) is 58.6 cm³/mol. The van der Waals surface area contributed by atoms with E-state index in [1.165, 1.54) is 7.11 Å². The molecule has 16 heavy (non-hydrogen) atoms. The zero-order valence-electron chi connectivity index (χ0n) is 9.17. The van der Waals surface area contributed by atoms with Gasteiger partial charge in [0.1, 0.15) is 0 Å². The van der Waals surface area contributed by atoms with Gasteiger partial charge in [0.15, 0.2) is 5.75 Å². The van der Waals surface area contributed by atoms with Gasteiger partial charge in [0, 0.05) is 0 Å². The van der Waals surface area contributed by atoms with E-state index in [4.69, 9.17) is 4.89 Å². The lowest BCUT2D eigenvalue weighted by atomic mass is 10.1. The first-order chi connectivity index (χ1) is 7.51. The fourth-order valence-electron chi connectivity index (χ4n) is 1.12. The molecule has 0 atom stereocenters. The minimum Gasteiger partial charge on any atom is -0.338 e. The van der Waals surface area contributed by atoms with E-state index in [1.807, 2.05) is 12.1 Å². The highest BCUT2D eigenvalue weighted by Gasteiger charge is 2.02. The Morgan fingerprint density at radius 2 is 1.81 bits per heavy atom. The van der Waals surface area contributed by atoms with Crippen LogP contribution in [0.3, 0.4) is 0 Å². The van der Waals surface area contributed by atoms with Crippen LogP contribution in [0.4, 0.5) is 0 Å². The van der Waals surface area contributed by atoms with E-state index in [9.17, 15) is 8.42 Å². The Morgan fingerprint density at radius 1 is 1.19 bits per heavy atom. The molecule has 0 aliphatic rings. The van der Waals surface area contributed by atoms with Crippen LogP contribution in [-0.2, 0) is 25.6 Å². The van der Waals surface area contributed by atoms with Crippen LogP contribution < -0.4 is 4.89 Å². The van der Waals surface area contributed by atoms with Crippen molar-refractivity contribution in [2.75, 3.05) is 20.0 Å². The third-order valence-electron chi connectivity index (χ3n) is 1.79. The molecule has 0 aromatic heterocycles. The molecule has 5 nitrogen and oxygen atoms in total. The summed E-state index contributed by atoms with van der Waals surface area (Å²) >= 11 is 0. The molecule has 0 saturated carbocycles. The van der Waals surface area contributed by atoms with Crippen molar-refractivity contribution in [3.05, 3.63) is 29.8 Å². The number of benzene rings is 1. The van der Waals surface area contributed by atoms with Crippen LogP contribution in [0.25, 0.3) is 0 Å². The highest BCUT2D eigenvalue weighted by atomic mass is 32.2. The first kappa shape index (κ1) is 13.0. The predicted octanol–water partition coefficient (Wildman–Crippen LogP) is 1.15. The van der Waals surface area contributed by atoms with Gasteiger partial charge in [-0.3, -0.25) is 4.18 Å². The molecule has 6 heteroatoms. The van der Waals surface area contributed by atoms with Crippen molar-refractivity contribution in [2.45, 2.75) is 6.42 Å². The van der Waals surface area contributed by atoms with Gasteiger partial charge in [-0.15, -0.1) is 0 Å². The van der Waals surface area contributed by atoms with E-state index in [0.717, 1.165) is 11.8 Å². The van der Waals surface area contributed by atoms with Crippen molar-refractivity contribution in [3.63, 3.8) is 0 Å². The second-order valence-electron chi connectivity index (χ2n) is 3.17. The van der Waals surface area contributed by atoms with Gasteiger partial charge in [0.2, 0.25) is 0 Å². The Balaban J connectivity index is 2.43. The molecule has 0 aliphatic heterocycles. The Morgan fingerprint density at radius 3 is 2.31 bits per heavy atom. The zero-order valence-corrected chi connectivity index (χ0v) is 9.99. The van der Waals surface area contributed by atoms with Gasteiger partial charge < -0.3 is 4.89 Å². The Kier molecular flexibility index (Phi) is 4.72. The molecule has 0 N–H and O–H groups in total. The van der Waals surface area contributed by atoms with Gasteiger partial charge in [-0.1, -0.05) is 12.1 Å². The van der Waals surface area contributed by atoms with Crippen LogP contribution >= 0.6 is 0 Å². The third kappa shape index (κ3) is 5.11. The molecule has 1 rings (SSSR count). The molecule has 0 radical (unpaired) electrons. The normalized spacial score (nSPS) is 11.4. The van der Waals surface area contributed by atoms with Gasteiger partial charge in [-0.25, -0.2) is 0 Å². The Hall–Kier alpha value is -1.11. The minimum absolute atomic E-state index is 0.142. The summed E-state index contributed by atoms with van der Waals surface area (Å²) in [6, 6.07) is 7.11. The van der Waals surface area contributed by atoms with Crippen LogP contribution in [0.15, 0.2) is 24.3 Å². The fourth-order valence-corrected chi connectivity index (χ4v) is 1.50. The van der Waals surface area contributed by atoms with Crippen molar-refractivity contribution in [1.29, 1.82) is 0 Å². The van der Waals surface area contributed by atoms with Crippen molar-refractivity contribution >= 4 is 10.1 Å². The summed E-state index contributed by atoms with van der Waals surface area (Å²) in [6.07, 6.45) is 1.56. The molecule has 0 bridgehead atoms. The maximum atomic E-state index is 10.7. The average molecular weight is 246 g/mol. The van der Waals surface area contributed by atoms with E-state index in [1.54, 1.807) is 12.1 Å².